The number of hydrogen-bond acceptors (Lipinski definition) is 4. The first-order valence-electron chi connectivity index (χ1n) is 3.58. The van der Waals surface area contributed by atoms with Crippen molar-refractivity contribution in [1.29, 1.82) is 0 Å². The molecule has 0 N–H and O–H groups in total. The van der Waals surface area contributed by atoms with Crippen LogP contribution < -0.4 is 0 Å². The molecule has 74 valence electrons. The van der Waals surface area contributed by atoms with E-state index in [0.717, 1.165) is 20.4 Å². The van der Waals surface area contributed by atoms with Gasteiger partial charge in [-0.3, -0.25) is 0 Å². The number of esters is 1. The Morgan fingerprint density at radius 3 is 2.85 bits per heavy atom. The minimum absolute atomic E-state index is 0.823. The predicted molar refractivity (Wildman–Crippen MR) is 39.8 cm³/mol. The quantitative estimate of drug-likeness (QED) is 0.603. The van der Waals surface area contributed by atoms with Gasteiger partial charge in [-0.25, -0.2) is 18.6 Å². The fourth-order valence-corrected chi connectivity index (χ4v) is 0.995. The van der Waals surface area contributed by atoms with Gasteiger partial charge in [0, 0.05) is 0 Å². The fraction of sp³-hybridized carbons (Fsp3) is 0.714. The predicted octanol–water partition coefficient (Wildman–Crippen LogP) is 0.610. The minimum Gasteiger partial charge on any atom is -0.469 e. The summed E-state index contributed by atoms with van der Waals surface area (Å²) in [4.78, 5) is 14.5. The van der Waals surface area contributed by atoms with Crippen molar-refractivity contribution in [2.75, 3.05) is 7.11 Å². The highest BCUT2D eigenvalue weighted by Crippen LogP contribution is 2.30. The van der Waals surface area contributed by atoms with Gasteiger partial charge in [-0.1, -0.05) is 0 Å². The summed E-state index contributed by atoms with van der Waals surface area (Å²) in [7, 11) is 1.11. The second-order valence-electron chi connectivity index (χ2n) is 2.78. The highest BCUT2D eigenvalue weighted by atomic mass is 19.3. The normalized spacial score (nSPS) is 31.9. The average Bonchev–Trinajstić information content (AvgIpc) is 2.47. The summed E-state index contributed by atoms with van der Waals surface area (Å²) < 4.78 is 33.8. The molecule has 0 aliphatic carbocycles. The minimum atomic E-state index is -2.79. The number of halogens is 2. The van der Waals surface area contributed by atoms with Gasteiger partial charge in [0.15, 0.2) is 12.4 Å². The maximum Gasteiger partial charge on any atom is 0.335 e. The van der Waals surface area contributed by atoms with Crippen LogP contribution in [-0.2, 0) is 14.3 Å². The highest BCUT2D eigenvalue weighted by Gasteiger charge is 2.52. The van der Waals surface area contributed by atoms with Crippen LogP contribution in [0, 0.1) is 0 Å². The SMILES string of the molecule is COC(=O)[C@@H]1N=CO[C@]1(C)C(F)F. The van der Waals surface area contributed by atoms with Gasteiger partial charge < -0.3 is 9.47 Å². The van der Waals surface area contributed by atoms with Crippen LogP contribution in [0.3, 0.4) is 0 Å². The van der Waals surface area contributed by atoms with E-state index < -0.39 is 24.0 Å². The second kappa shape index (κ2) is 3.27. The molecular formula is C7H9F2NO3. The lowest BCUT2D eigenvalue weighted by Gasteiger charge is -2.25. The largest absolute Gasteiger partial charge is 0.469 e. The van der Waals surface area contributed by atoms with Crippen molar-refractivity contribution >= 4 is 12.4 Å². The molecule has 0 bridgehead atoms. The van der Waals surface area contributed by atoms with Crippen molar-refractivity contribution < 1.29 is 23.0 Å². The van der Waals surface area contributed by atoms with Gasteiger partial charge in [-0.15, -0.1) is 0 Å². The van der Waals surface area contributed by atoms with E-state index in [0.29, 0.717) is 0 Å². The molecule has 0 unspecified atom stereocenters. The molecule has 1 heterocycles. The van der Waals surface area contributed by atoms with Crippen LogP contribution in [0.15, 0.2) is 4.99 Å². The molecule has 0 amide bonds. The van der Waals surface area contributed by atoms with E-state index in [1.807, 2.05) is 0 Å². The number of nitrogens with zero attached hydrogens (tertiary/aromatic N) is 1. The van der Waals surface area contributed by atoms with Crippen molar-refractivity contribution in [2.45, 2.75) is 25.0 Å². The lowest BCUT2D eigenvalue weighted by atomic mass is 9.98. The number of carbonyl (C=O) groups is 1. The summed E-state index contributed by atoms with van der Waals surface area (Å²) in [5, 5.41) is 0. The molecule has 0 spiro atoms. The molecule has 0 radical (unpaired) electrons. The standard InChI is InChI=1S/C7H9F2NO3/c1-7(6(8)9)4(5(11)12-2)10-3-13-7/h3-4,6H,1-2H3/t4-,7-/m0/s1. The molecule has 0 saturated heterocycles. The number of ether oxygens (including phenoxy) is 2. The molecule has 4 nitrogen and oxygen atoms in total. The third-order valence-electron chi connectivity index (χ3n) is 1.92. The summed E-state index contributed by atoms with van der Waals surface area (Å²) in [5.41, 5.74) is -1.90. The summed E-state index contributed by atoms with van der Waals surface area (Å²) in [6.45, 7) is 1.12. The Hall–Kier alpha value is -1.20. The van der Waals surface area contributed by atoms with Gasteiger partial charge in [0.1, 0.15) is 0 Å². The number of alkyl halides is 2. The van der Waals surface area contributed by atoms with Crippen LogP contribution in [-0.4, -0.2) is 37.5 Å². The van der Waals surface area contributed by atoms with Crippen LogP contribution in [0.5, 0.6) is 0 Å². The van der Waals surface area contributed by atoms with Gasteiger partial charge in [-0.2, -0.15) is 0 Å². The van der Waals surface area contributed by atoms with E-state index in [2.05, 4.69) is 14.5 Å². The molecule has 0 fully saturated rings. The number of carbonyl (C=O) groups excluding carboxylic acids is 1. The van der Waals surface area contributed by atoms with E-state index in [1.54, 1.807) is 0 Å². The average molecular weight is 193 g/mol. The van der Waals surface area contributed by atoms with Crippen LogP contribution in [0.1, 0.15) is 6.92 Å². The van der Waals surface area contributed by atoms with Crippen LogP contribution >= 0.6 is 0 Å². The molecular weight excluding hydrogens is 184 g/mol. The highest BCUT2D eigenvalue weighted by molar-refractivity contribution is 5.80. The van der Waals surface area contributed by atoms with Crippen molar-refractivity contribution in [2.24, 2.45) is 4.99 Å². The first kappa shape index (κ1) is 9.88. The van der Waals surface area contributed by atoms with E-state index in [4.69, 9.17) is 0 Å². The Morgan fingerprint density at radius 2 is 2.38 bits per heavy atom. The van der Waals surface area contributed by atoms with Gasteiger partial charge >= 0.3 is 5.97 Å². The molecule has 0 aromatic carbocycles. The second-order valence-corrected chi connectivity index (χ2v) is 2.78. The van der Waals surface area contributed by atoms with Gasteiger partial charge in [0.2, 0.25) is 5.60 Å². The molecule has 6 heteroatoms. The number of hydrogen-bond donors (Lipinski definition) is 0. The van der Waals surface area contributed by atoms with Crippen molar-refractivity contribution in [3.05, 3.63) is 0 Å². The van der Waals surface area contributed by atoms with E-state index in [-0.39, 0.29) is 0 Å². The molecule has 1 aliphatic heterocycles. The van der Waals surface area contributed by atoms with Crippen molar-refractivity contribution in [3.8, 4) is 0 Å². The van der Waals surface area contributed by atoms with Crippen LogP contribution in [0.4, 0.5) is 8.78 Å². The maximum absolute atomic E-state index is 12.5. The molecule has 1 rings (SSSR count). The fourth-order valence-electron chi connectivity index (χ4n) is 0.995. The van der Waals surface area contributed by atoms with E-state index >= 15 is 0 Å². The molecule has 0 aromatic rings. The van der Waals surface area contributed by atoms with E-state index in [1.165, 1.54) is 0 Å². The number of rotatable bonds is 2. The summed E-state index contributed by atoms with van der Waals surface area (Å²) in [6, 6.07) is -1.28. The van der Waals surface area contributed by atoms with Gasteiger partial charge in [-0.05, 0) is 6.92 Å². The number of aliphatic imine (C=N–C) groups is 1. The monoisotopic (exact) mass is 193 g/mol. The molecule has 0 aromatic heterocycles. The smallest absolute Gasteiger partial charge is 0.335 e. The first-order valence-corrected chi connectivity index (χ1v) is 3.58. The first-order chi connectivity index (χ1) is 6.02. The summed E-state index contributed by atoms with van der Waals surface area (Å²) >= 11 is 0. The molecule has 0 saturated carbocycles. The zero-order valence-electron chi connectivity index (χ0n) is 7.16. The Balaban J connectivity index is 2.84. The zero-order chi connectivity index (χ0) is 10.1. The van der Waals surface area contributed by atoms with Crippen molar-refractivity contribution in [3.63, 3.8) is 0 Å². The third kappa shape index (κ3) is 1.48. The molecule has 2 atom stereocenters. The van der Waals surface area contributed by atoms with Crippen molar-refractivity contribution in [1.82, 2.24) is 0 Å². The third-order valence-corrected chi connectivity index (χ3v) is 1.92. The lowest BCUT2D eigenvalue weighted by molar-refractivity contribution is -0.152. The molecule has 13 heavy (non-hydrogen) atoms. The Labute approximate surface area is 73.5 Å². The lowest BCUT2D eigenvalue weighted by Crippen LogP contribution is -2.48. The Bertz CT molecular complexity index is 244. The van der Waals surface area contributed by atoms with Crippen LogP contribution in [0.2, 0.25) is 0 Å². The topological polar surface area (TPSA) is 47.9 Å². The van der Waals surface area contributed by atoms with Crippen LogP contribution in [0.25, 0.3) is 0 Å². The number of methoxy groups -OCH3 is 1. The summed E-state index contributed by atoms with van der Waals surface area (Å²) in [6.07, 6.45) is -1.94. The molecule has 1 aliphatic rings. The van der Waals surface area contributed by atoms with Gasteiger partial charge in [0.25, 0.3) is 6.43 Å². The van der Waals surface area contributed by atoms with E-state index in [9.17, 15) is 13.6 Å². The Morgan fingerprint density at radius 1 is 1.77 bits per heavy atom. The maximum atomic E-state index is 12.5. The summed E-state index contributed by atoms with van der Waals surface area (Å²) in [5.74, 6) is -0.823. The Kier molecular flexibility index (Phi) is 2.49. The zero-order valence-corrected chi connectivity index (χ0v) is 7.16. The van der Waals surface area contributed by atoms with Gasteiger partial charge in [0.05, 0.1) is 7.11 Å².